The fraction of sp³-hybridized carbons (Fsp3) is 0.261. The van der Waals surface area contributed by atoms with Crippen LogP contribution in [0.2, 0.25) is 0 Å². The van der Waals surface area contributed by atoms with Gasteiger partial charge in [-0.25, -0.2) is 14.3 Å². The SMILES string of the molecule is Cc1nn(-c2ccccc2[NH+]([O-])O)c(C)c1C1C=CC(NCc2ccc(F)cc2)C1. The van der Waals surface area contributed by atoms with Crippen molar-refractivity contribution in [3.8, 4) is 5.69 Å². The number of nitrogens with zero attached hydrogens (tertiary/aromatic N) is 2. The van der Waals surface area contributed by atoms with E-state index in [9.17, 15) is 14.8 Å². The van der Waals surface area contributed by atoms with Crippen LogP contribution in [0.25, 0.3) is 5.69 Å². The number of aromatic nitrogens is 2. The van der Waals surface area contributed by atoms with Crippen LogP contribution in [0.4, 0.5) is 10.1 Å². The van der Waals surface area contributed by atoms with Gasteiger partial charge >= 0.3 is 0 Å². The highest BCUT2D eigenvalue weighted by atomic mass is 19.1. The van der Waals surface area contributed by atoms with Gasteiger partial charge in [0.2, 0.25) is 0 Å². The van der Waals surface area contributed by atoms with Crippen LogP contribution in [0.1, 0.15) is 34.9 Å². The molecule has 7 heteroatoms. The summed E-state index contributed by atoms with van der Waals surface area (Å²) >= 11 is 0. The second kappa shape index (κ2) is 8.49. The summed E-state index contributed by atoms with van der Waals surface area (Å²) in [5.74, 6) is -0.0199. The van der Waals surface area contributed by atoms with Gasteiger partial charge in [0.05, 0.1) is 5.69 Å². The molecule has 3 atom stereocenters. The average Bonchev–Trinajstić information content (AvgIpc) is 3.31. The number of allylic oxidation sites excluding steroid dienone is 1. The Labute approximate surface area is 174 Å². The molecular weight excluding hydrogens is 383 g/mol. The molecule has 3 aromatic rings. The highest BCUT2D eigenvalue weighted by Gasteiger charge is 2.27. The second-order valence-electron chi connectivity index (χ2n) is 7.66. The Morgan fingerprint density at radius 3 is 2.63 bits per heavy atom. The summed E-state index contributed by atoms with van der Waals surface area (Å²) in [4.78, 5) is 0. The summed E-state index contributed by atoms with van der Waals surface area (Å²) in [6.07, 6.45) is 5.25. The molecule has 0 radical (unpaired) electrons. The molecule has 0 saturated carbocycles. The fourth-order valence-electron chi connectivity index (χ4n) is 4.18. The maximum atomic E-state index is 13.1. The third-order valence-corrected chi connectivity index (χ3v) is 5.65. The third kappa shape index (κ3) is 4.06. The Hall–Kier alpha value is -2.84. The maximum Gasteiger partial charge on any atom is 0.189 e. The van der Waals surface area contributed by atoms with Crippen LogP contribution in [0.3, 0.4) is 0 Å². The molecule has 156 valence electrons. The highest BCUT2D eigenvalue weighted by Crippen LogP contribution is 2.34. The fourth-order valence-corrected chi connectivity index (χ4v) is 4.18. The molecule has 4 rings (SSSR count). The van der Waals surface area contributed by atoms with Gasteiger partial charge in [0, 0.05) is 35.8 Å². The van der Waals surface area contributed by atoms with E-state index in [1.165, 1.54) is 12.1 Å². The summed E-state index contributed by atoms with van der Waals surface area (Å²) in [7, 11) is 0. The number of aryl methyl sites for hydroxylation is 1. The zero-order valence-corrected chi connectivity index (χ0v) is 17.0. The predicted molar refractivity (Wildman–Crippen MR) is 112 cm³/mol. The number of rotatable bonds is 6. The lowest BCUT2D eigenvalue weighted by molar-refractivity contribution is -0.991. The van der Waals surface area contributed by atoms with E-state index in [1.807, 2.05) is 19.9 Å². The predicted octanol–water partition coefficient (Wildman–Crippen LogP) is 3.23. The molecule has 6 nitrogen and oxygen atoms in total. The first-order valence-electron chi connectivity index (χ1n) is 9.99. The van der Waals surface area contributed by atoms with Gasteiger partial charge in [-0.05, 0) is 44.0 Å². The minimum absolute atomic E-state index is 0.210. The Morgan fingerprint density at radius 2 is 1.90 bits per heavy atom. The smallest absolute Gasteiger partial charge is 0.189 e. The van der Waals surface area contributed by atoms with E-state index in [-0.39, 0.29) is 23.5 Å². The van der Waals surface area contributed by atoms with Crippen molar-refractivity contribution in [2.45, 2.75) is 38.8 Å². The van der Waals surface area contributed by atoms with Gasteiger partial charge in [0.25, 0.3) is 0 Å². The molecule has 3 N–H and O–H groups in total. The van der Waals surface area contributed by atoms with Gasteiger partial charge in [-0.1, -0.05) is 36.4 Å². The van der Waals surface area contributed by atoms with Crippen LogP contribution in [-0.2, 0) is 6.54 Å². The van der Waals surface area contributed by atoms with Crippen molar-refractivity contribution < 1.29 is 14.8 Å². The summed E-state index contributed by atoms with van der Waals surface area (Å²) in [6, 6.07) is 13.7. The van der Waals surface area contributed by atoms with Crippen LogP contribution in [0, 0.1) is 24.9 Å². The van der Waals surface area contributed by atoms with E-state index in [0.29, 0.717) is 12.2 Å². The topological polar surface area (TPSA) is 77.6 Å². The summed E-state index contributed by atoms with van der Waals surface area (Å²) in [5.41, 5.74) is 4.84. The molecule has 1 aromatic heterocycles. The first kappa shape index (κ1) is 20.4. The molecule has 0 spiro atoms. The van der Waals surface area contributed by atoms with Crippen LogP contribution in [-0.4, -0.2) is 21.0 Å². The molecule has 1 aliphatic rings. The zero-order valence-electron chi connectivity index (χ0n) is 17.0. The van der Waals surface area contributed by atoms with Crippen LogP contribution in [0.5, 0.6) is 0 Å². The van der Waals surface area contributed by atoms with Crippen molar-refractivity contribution in [1.29, 1.82) is 0 Å². The van der Waals surface area contributed by atoms with E-state index in [4.69, 9.17) is 0 Å². The number of hydrogen-bond donors (Lipinski definition) is 3. The van der Waals surface area contributed by atoms with Crippen molar-refractivity contribution in [3.05, 3.63) is 94.2 Å². The molecule has 0 amide bonds. The van der Waals surface area contributed by atoms with Crippen LogP contribution >= 0.6 is 0 Å². The number of para-hydroxylation sites is 2. The zero-order chi connectivity index (χ0) is 21.3. The molecule has 0 aliphatic heterocycles. The van der Waals surface area contributed by atoms with E-state index in [0.717, 1.165) is 28.9 Å². The van der Waals surface area contributed by atoms with E-state index in [2.05, 4.69) is 22.6 Å². The lowest BCUT2D eigenvalue weighted by Gasteiger charge is -2.17. The lowest BCUT2D eigenvalue weighted by Crippen LogP contribution is -2.99. The van der Waals surface area contributed by atoms with Gasteiger partial charge in [-0.2, -0.15) is 10.3 Å². The quantitative estimate of drug-likeness (QED) is 0.432. The molecule has 3 unspecified atom stereocenters. The van der Waals surface area contributed by atoms with Crippen LogP contribution < -0.4 is 10.5 Å². The molecule has 0 saturated heterocycles. The van der Waals surface area contributed by atoms with Gasteiger partial charge < -0.3 is 10.5 Å². The second-order valence-corrected chi connectivity index (χ2v) is 7.66. The molecule has 1 heterocycles. The molecule has 1 aliphatic carbocycles. The van der Waals surface area contributed by atoms with Crippen molar-refractivity contribution in [3.63, 3.8) is 0 Å². The Morgan fingerprint density at radius 1 is 1.17 bits per heavy atom. The number of hydrogen-bond acceptors (Lipinski definition) is 4. The summed E-state index contributed by atoms with van der Waals surface area (Å²) in [6.45, 7) is 4.63. The van der Waals surface area contributed by atoms with Gasteiger partial charge in [0.15, 0.2) is 5.69 Å². The highest BCUT2D eigenvalue weighted by molar-refractivity contribution is 5.53. The minimum Gasteiger partial charge on any atom is -0.595 e. The summed E-state index contributed by atoms with van der Waals surface area (Å²) in [5, 5.41) is 28.3. The Bertz CT molecular complexity index is 1060. The monoisotopic (exact) mass is 408 g/mol. The third-order valence-electron chi connectivity index (χ3n) is 5.65. The van der Waals surface area contributed by atoms with E-state index >= 15 is 0 Å². The number of nitrogens with one attached hydrogen (secondary N) is 2. The number of benzene rings is 2. The van der Waals surface area contributed by atoms with Gasteiger partial charge in [-0.15, -0.1) is 0 Å². The van der Waals surface area contributed by atoms with E-state index in [1.54, 1.807) is 35.0 Å². The van der Waals surface area contributed by atoms with E-state index < -0.39 is 5.23 Å². The average molecular weight is 408 g/mol. The van der Waals surface area contributed by atoms with Crippen molar-refractivity contribution in [2.24, 2.45) is 0 Å². The van der Waals surface area contributed by atoms with Crippen molar-refractivity contribution >= 4 is 5.69 Å². The molecule has 2 aromatic carbocycles. The molecule has 0 bridgehead atoms. The molecule has 0 fully saturated rings. The standard InChI is InChI=1S/C23H25FN4O2/c1-15-23(16(2)27(26-15)21-5-3-4-6-22(21)28(29)30)18-9-12-20(13-18)25-14-17-7-10-19(24)11-8-17/h3-12,18,20,25,28-29H,13-14H2,1-2H3. The molecular formula is C23H25FN4O2. The summed E-state index contributed by atoms with van der Waals surface area (Å²) < 4.78 is 14.8. The molecule has 30 heavy (non-hydrogen) atoms. The van der Waals surface area contributed by atoms with Crippen LogP contribution in [0.15, 0.2) is 60.7 Å². The maximum absolute atomic E-state index is 13.1. The lowest BCUT2D eigenvalue weighted by atomic mass is 9.96. The number of halogens is 1. The first-order chi connectivity index (χ1) is 14.4. The van der Waals surface area contributed by atoms with Crippen molar-refractivity contribution in [2.75, 3.05) is 0 Å². The van der Waals surface area contributed by atoms with Gasteiger partial charge in [-0.3, -0.25) is 0 Å². The normalized spacial score (nSPS) is 19.4. The Kier molecular flexibility index (Phi) is 5.78. The Balaban J connectivity index is 1.51. The van der Waals surface area contributed by atoms with Gasteiger partial charge in [0.1, 0.15) is 11.5 Å². The number of quaternary nitrogens is 1. The largest absolute Gasteiger partial charge is 0.595 e. The minimum atomic E-state index is -0.967. The van der Waals surface area contributed by atoms with Crippen molar-refractivity contribution in [1.82, 2.24) is 15.1 Å². The first-order valence-corrected chi connectivity index (χ1v) is 9.99.